The van der Waals surface area contributed by atoms with Gasteiger partial charge in [0, 0.05) is 12.1 Å². The Kier molecular flexibility index (Phi) is 4.75. The standard InChI is InChI=1S/C16H17N3O2/c1-11-15(12(2)21-19-11)16(20)18-10-14-6-3-5-13(9-14)7-4-8-17/h3,5-6,9H,8,10,17H2,1-2H3,(H,18,20). The highest BCUT2D eigenvalue weighted by Crippen LogP contribution is 2.12. The van der Waals surface area contributed by atoms with Gasteiger partial charge < -0.3 is 15.6 Å². The molecule has 1 aromatic heterocycles. The number of carbonyl (C=O) groups is 1. The van der Waals surface area contributed by atoms with Gasteiger partial charge in [-0.3, -0.25) is 4.79 Å². The molecular formula is C16H17N3O2. The van der Waals surface area contributed by atoms with Crippen LogP contribution in [0.1, 0.15) is 32.9 Å². The molecule has 1 amide bonds. The summed E-state index contributed by atoms with van der Waals surface area (Å²) in [5.41, 5.74) is 8.29. The quantitative estimate of drug-likeness (QED) is 0.837. The molecule has 1 aromatic carbocycles. The molecule has 1 heterocycles. The van der Waals surface area contributed by atoms with Gasteiger partial charge in [-0.25, -0.2) is 0 Å². The van der Waals surface area contributed by atoms with E-state index in [0.29, 0.717) is 30.1 Å². The first-order valence-corrected chi connectivity index (χ1v) is 6.60. The Hall–Kier alpha value is -2.58. The zero-order valence-electron chi connectivity index (χ0n) is 12.1. The summed E-state index contributed by atoms with van der Waals surface area (Å²) in [5, 5.41) is 6.63. The van der Waals surface area contributed by atoms with Gasteiger partial charge >= 0.3 is 0 Å². The number of nitrogens with zero attached hydrogens (tertiary/aromatic N) is 1. The Morgan fingerprint density at radius 3 is 2.90 bits per heavy atom. The van der Waals surface area contributed by atoms with E-state index in [-0.39, 0.29) is 5.91 Å². The van der Waals surface area contributed by atoms with Gasteiger partial charge in [-0.05, 0) is 31.5 Å². The second kappa shape index (κ2) is 6.73. The van der Waals surface area contributed by atoms with Gasteiger partial charge in [0.05, 0.1) is 12.2 Å². The second-order valence-electron chi connectivity index (χ2n) is 4.59. The Morgan fingerprint density at radius 1 is 1.43 bits per heavy atom. The molecule has 2 rings (SSSR count). The zero-order chi connectivity index (χ0) is 15.2. The Bertz CT molecular complexity index is 688. The molecule has 2 aromatic rings. The number of amides is 1. The molecule has 0 bridgehead atoms. The highest BCUT2D eigenvalue weighted by atomic mass is 16.5. The number of nitrogens with one attached hydrogen (secondary N) is 1. The highest BCUT2D eigenvalue weighted by Gasteiger charge is 2.16. The monoisotopic (exact) mass is 283 g/mol. The van der Waals surface area contributed by atoms with E-state index in [1.807, 2.05) is 24.3 Å². The fourth-order valence-corrected chi connectivity index (χ4v) is 1.99. The van der Waals surface area contributed by atoms with E-state index in [0.717, 1.165) is 11.1 Å². The van der Waals surface area contributed by atoms with Gasteiger partial charge in [0.15, 0.2) is 0 Å². The van der Waals surface area contributed by atoms with Crippen LogP contribution in [0.5, 0.6) is 0 Å². The molecule has 0 radical (unpaired) electrons. The number of nitrogens with two attached hydrogens (primary N) is 1. The average molecular weight is 283 g/mol. The van der Waals surface area contributed by atoms with Crippen molar-refractivity contribution in [1.29, 1.82) is 0 Å². The highest BCUT2D eigenvalue weighted by molar-refractivity contribution is 5.96. The van der Waals surface area contributed by atoms with Crippen molar-refractivity contribution in [3.8, 4) is 11.8 Å². The first-order chi connectivity index (χ1) is 10.1. The molecule has 0 saturated carbocycles. The summed E-state index contributed by atoms with van der Waals surface area (Å²) in [6.07, 6.45) is 0. The van der Waals surface area contributed by atoms with Crippen LogP contribution in [0.2, 0.25) is 0 Å². The largest absolute Gasteiger partial charge is 0.361 e. The van der Waals surface area contributed by atoms with Gasteiger partial charge in [0.25, 0.3) is 5.91 Å². The fourth-order valence-electron chi connectivity index (χ4n) is 1.99. The molecule has 0 saturated heterocycles. The normalized spacial score (nSPS) is 9.86. The van der Waals surface area contributed by atoms with E-state index in [1.165, 1.54) is 0 Å². The molecular weight excluding hydrogens is 266 g/mol. The predicted molar refractivity (Wildman–Crippen MR) is 79.5 cm³/mol. The van der Waals surface area contributed by atoms with E-state index in [1.54, 1.807) is 13.8 Å². The first kappa shape index (κ1) is 14.8. The molecule has 21 heavy (non-hydrogen) atoms. The second-order valence-corrected chi connectivity index (χ2v) is 4.59. The maximum atomic E-state index is 12.1. The Morgan fingerprint density at radius 2 is 2.24 bits per heavy atom. The third-order valence-corrected chi connectivity index (χ3v) is 2.98. The third-order valence-electron chi connectivity index (χ3n) is 2.98. The van der Waals surface area contributed by atoms with Crippen LogP contribution in [0.15, 0.2) is 28.8 Å². The van der Waals surface area contributed by atoms with Crippen LogP contribution in [0.3, 0.4) is 0 Å². The lowest BCUT2D eigenvalue weighted by molar-refractivity contribution is 0.0949. The van der Waals surface area contributed by atoms with Gasteiger partial charge in [-0.2, -0.15) is 0 Å². The third kappa shape index (κ3) is 3.71. The molecule has 0 atom stereocenters. The fraction of sp³-hybridized carbons (Fsp3) is 0.250. The van der Waals surface area contributed by atoms with E-state index in [9.17, 15) is 4.79 Å². The summed E-state index contributed by atoms with van der Waals surface area (Å²) in [4.78, 5) is 12.1. The van der Waals surface area contributed by atoms with Crippen molar-refractivity contribution in [2.24, 2.45) is 5.73 Å². The van der Waals surface area contributed by atoms with Crippen molar-refractivity contribution in [1.82, 2.24) is 10.5 Å². The van der Waals surface area contributed by atoms with Crippen LogP contribution in [-0.2, 0) is 6.54 Å². The first-order valence-electron chi connectivity index (χ1n) is 6.60. The van der Waals surface area contributed by atoms with Crippen LogP contribution in [0.4, 0.5) is 0 Å². The maximum Gasteiger partial charge on any atom is 0.257 e. The molecule has 5 heteroatoms. The minimum absolute atomic E-state index is 0.190. The Balaban J connectivity index is 2.05. The predicted octanol–water partition coefficient (Wildman–Crippen LogP) is 1.53. The van der Waals surface area contributed by atoms with Gasteiger partial charge in [-0.1, -0.05) is 29.1 Å². The smallest absolute Gasteiger partial charge is 0.257 e. The maximum absolute atomic E-state index is 12.1. The summed E-state index contributed by atoms with van der Waals surface area (Å²) in [5.74, 6) is 6.10. The number of aromatic nitrogens is 1. The molecule has 5 nitrogen and oxygen atoms in total. The lowest BCUT2D eigenvalue weighted by Gasteiger charge is -2.05. The number of hydrogen-bond acceptors (Lipinski definition) is 4. The van der Waals surface area contributed by atoms with Gasteiger partial charge in [0.1, 0.15) is 11.3 Å². The van der Waals surface area contributed by atoms with Crippen LogP contribution in [0, 0.1) is 25.7 Å². The lowest BCUT2D eigenvalue weighted by Crippen LogP contribution is -2.23. The van der Waals surface area contributed by atoms with E-state index >= 15 is 0 Å². The van der Waals surface area contributed by atoms with E-state index < -0.39 is 0 Å². The lowest BCUT2D eigenvalue weighted by atomic mass is 10.1. The van der Waals surface area contributed by atoms with Crippen molar-refractivity contribution < 1.29 is 9.32 Å². The summed E-state index contributed by atoms with van der Waals surface area (Å²) >= 11 is 0. The zero-order valence-corrected chi connectivity index (χ0v) is 12.1. The van der Waals surface area contributed by atoms with Crippen molar-refractivity contribution in [2.75, 3.05) is 6.54 Å². The topological polar surface area (TPSA) is 81.2 Å². The number of benzene rings is 1. The summed E-state index contributed by atoms with van der Waals surface area (Å²) in [6.45, 7) is 4.21. The van der Waals surface area contributed by atoms with Crippen LogP contribution in [-0.4, -0.2) is 17.6 Å². The molecule has 0 unspecified atom stereocenters. The summed E-state index contributed by atoms with van der Waals surface area (Å²) < 4.78 is 4.99. The van der Waals surface area contributed by atoms with Crippen molar-refractivity contribution >= 4 is 5.91 Å². The number of hydrogen-bond donors (Lipinski definition) is 2. The van der Waals surface area contributed by atoms with Gasteiger partial charge in [0.2, 0.25) is 0 Å². The van der Waals surface area contributed by atoms with Crippen LogP contribution in [0.25, 0.3) is 0 Å². The van der Waals surface area contributed by atoms with Gasteiger partial charge in [-0.15, -0.1) is 0 Å². The SMILES string of the molecule is Cc1noc(C)c1C(=O)NCc1cccc(C#CCN)c1. The van der Waals surface area contributed by atoms with Crippen molar-refractivity contribution in [3.05, 3.63) is 52.4 Å². The summed E-state index contributed by atoms with van der Waals surface area (Å²) in [6, 6.07) is 7.66. The van der Waals surface area contributed by atoms with E-state index in [4.69, 9.17) is 10.3 Å². The molecule has 0 aliphatic carbocycles. The van der Waals surface area contributed by atoms with E-state index in [2.05, 4.69) is 22.3 Å². The van der Waals surface area contributed by atoms with Crippen molar-refractivity contribution in [2.45, 2.75) is 20.4 Å². The molecule has 0 aliphatic heterocycles. The molecule has 0 fully saturated rings. The molecule has 3 N–H and O–H groups in total. The van der Waals surface area contributed by atoms with Crippen LogP contribution < -0.4 is 11.1 Å². The molecule has 0 aliphatic rings. The minimum atomic E-state index is -0.190. The number of carbonyl (C=O) groups excluding carboxylic acids is 1. The average Bonchev–Trinajstić information content (AvgIpc) is 2.82. The van der Waals surface area contributed by atoms with Crippen molar-refractivity contribution in [3.63, 3.8) is 0 Å². The summed E-state index contributed by atoms with van der Waals surface area (Å²) in [7, 11) is 0. The number of rotatable bonds is 3. The van der Waals surface area contributed by atoms with Crippen LogP contribution >= 0.6 is 0 Å². The molecule has 0 spiro atoms. The molecule has 108 valence electrons. The Labute approximate surface area is 123 Å². The number of aryl methyl sites for hydroxylation is 2. The minimum Gasteiger partial charge on any atom is -0.361 e.